The number of ether oxygens (including phenoxy) is 1. The molecule has 0 saturated carbocycles. The lowest BCUT2D eigenvalue weighted by molar-refractivity contribution is -0.151. The average molecular weight is 309 g/mol. The van der Waals surface area contributed by atoms with Crippen molar-refractivity contribution >= 4 is 11.9 Å². The van der Waals surface area contributed by atoms with Crippen LogP contribution in [0.15, 0.2) is 6.20 Å². The van der Waals surface area contributed by atoms with E-state index in [0.717, 1.165) is 0 Å². The molecule has 122 valence electrons. The monoisotopic (exact) mass is 309 g/mol. The van der Waals surface area contributed by atoms with Gasteiger partial charge in [-0.25, -0.2) is 4.79 Å². The molecule has 7 heteroatoms. The van der Waals surface area contributed by atoms with Gasteiger partial charge < -0.3 is 14.7 Å². The van der Waals surface area contributed by atoms with Crippen LogP contribution in [0.5, 0.6) is 0 Å². The number of rotatable bonds is 5. The third-order valence-electron chi connectivity index (χ3n) is 4.15. The lowest BCUT2D eigenvalue weighted by atomic mass is 9.96. The van der Waals surface area contributed by atoms with Gasteiger partial charge in [0.2, 0.25) is 0 Å². The number of hydrogen-bond donors (Lipinski definition) is 1. The highest BCUT2D eigenvalue weighted by Gasteiger charge is 2.50. The maximum Gasteiger partial charge on any atom is 0.332 e. The molecule has 1 aliphatic rings. The Kier molecular flexibility index (Phi) is 4.55. The lowest BCUT2D eigenvalue weighted by Crippen LogP contribution is -2.56. The highest BCUT2D eigenvalue weighted by Crippen LogP contribution is 2.33. The molecule has 1 aromatic heterocycles. The summed E-state index contributed by atoms with van der Waals surface area (Å²) in [6.45, 7) is 4.33. The number of aliphatic carboxylic acids is 1. The molecule has 1 unspecified atom stereocenters. The summed E-state index contributed by atoms with van der Waals surface area (Å²) in [6.07, 6.45) is 2.72. The van der Waals surface area contributed by atoms with E-state index >= 15 is 0 Å². The first-order valence-electron chi connectivity index (χ1n) is 7.41. The summed E-state index contributed by atoms with van der Waals surface area (Å²) in [5, 5.41) is 14.0. The number of carbonyl (C=O) groups is 2. The molecule has 22 heavy (non-hydrogen) atoms. The van der Waals surface area contributed by atoms with Crippen molar-refractivity contribution in [3.8, 4) is 0 Å². The maximum absolute atomic E-state index is 12.9. The van der Waals surface area contributed by atoms with E-state index in [-0.39, 0.29) is 18.4 Å². The quantitative estimate of drug-likeness (QED) is 0.885. The Hall–Kier alpha value is -1.89. The number of carboxylic acids is 1. The Bertz CT molecular complexity index is 581. The molecule has 0 radical (unpaired) electrons. The zero-order valence-electron chi connectivity index (χ0n) is 13.5. The fraction of sp³-hybridized carbons (Fsp3) is 0.667. The highest BCUT2D eigenvalue weighted by atomic mass is 16.5. The highest BCUT2D eigenvalue weighted by molar-refractivity contribution is 5.99. The Labute approximate surface area is 129 Å². The summed E-state index contributed by atoms with van der Waals surface area (Å²) >= 11 is 0. The smallest absolute Gasteiger partial charge is 0.332 e. The summed E-state index contributed by atoms with van der Waals surface area (Å²) < 4.78 is 6.69. The number of hydrogen-bond acceptors (Lipinski definition) is 4. The zero-order chi connectivity index (χ0) is 16.5. The molecular formula is C15H23N3O4. The number of aromatic nitrogens is 2. The van der Waals surface area contributed by atoms with E-state index in [9.17, 15) is 14.7 Å². The van der Waals surface area contributed by atoms with Gasteiger partial charge in [-0.2, -0.15) is 5.10 Å². The second-order valence-corrected chi connectivity index (χ2v) is 6.09. The van der Waals surface area contributed by atoms with Gasteiger partial charge in [0.1, 0.15) is 0 Å². The molecule has 1 aliphatic heterocycles. The van der Waals surface area contributed by atoms with Crippen molar-refractivity contribution in [3.05, 3.63) is 17.5 Å². The average Bonchev–Trinajstić information content (AvgIpc) is 3.03. The molecule has 1 amide bonds. The normalized spacial score (nSPS) is 21.6. The van der Waals surface area contributed by atoms with Crippen molar-refractivity contribution in [3.63, 3.8) is 0 Å². The molecule has 1 atom stereocenters. The maximum atomic E-state index is 12.9. The van der Waals surface area contributed by atoms with Crippen LogP contribution in [0.3, 0.4) is 0 Å². The van der Waals surface area contributed by atoms with Crippen molar-refractivity contribution in [1.82, 2.24) is 14.7 Å². The molecule has 0 aromatic carbocycles. The summed E-state index contributed by atoms with van der Waals surface area (Å²) in [6, 6.07) is 0. The molecule has 2 heterocycles. The topological polar surface area (TPSA) is 84.7 Å². The molecule has 0 spiro atoms. The van der Waals surface area contributed by atoms with Gasteiger partial charge in [0, 0.05) is 26.9 Å². The molecular weight excluding hydrogens is 286 g/mol. The summed E-state index contributed by atoms with van der Waals surface area (Å²) in [7, 11) is 3.21. The molecule has 2 rings (SSSR count). The van der Waals surface area contributed by atoms with E-state index in [1.165, 1.54) is 12.0 Å². The minimum absolute atomic E-state index is 0.00858. The van der Waals surface area contributed by atoms with Crippen LogP contribution in [0.2, 0.25) is 0 Å². The number of amides is 1. The van der Waals surface area contributed by atoms with Crippen molar-refractivity contribution in [2.45, 2.75) is 38.1 Å². The fourth-order valence-electron chi connectivity index (χ4n) is 3.09. The summed E-state index contributed by atoms with van der Waals surface area (Å²) in [5.41, 5.74) is -0.118. The van der Waals surface area contributed by atoms with Gasteiger partial charge in [0.25, 0.3) is 5.91 Å². The molecule has 1 N–H and O–H groups in total. The molecule has 1 saturated heterocycles. The molecule has 0 bridgehead atoms. The van der Waals surface area contributed by atoms with E-state index in [2.05, 4.69) is 5.10 Å². The number of aryl methyl sites for hydroxylation is 1. The third kappa shape index (κ3) is 2.61. The number of carboxylic acid groups (broad SMARTS) is 1. The fourth-order valence-corrected chi connectivity index (χ4v) is 3.09. The van der Waals surface area contributed by atoms with E-state index < -0.39 is 11.5 Å². The Morgan fingerprint density at radius 1 is 1.50 bits per heavy atom. The minimum Gasteiger partial charge on any atom is -0.479 e. The summed E-state index contributed by atoms with van der Waals surface area (Å²) in [4.78, 5) is 26.2. The largest absolute Gasteiger partial charge is 0.479 e. The van der Waals surface area contributed by atoms with Crippen LogP contribution in [0.1, 0.15) is 48.7 Å². The first kappa shape index (κ1) is 16.5. The van der Waals surface area contributed by atoms with Crippen LogP contribution in [0, 0.1) is 0 Å². The predicted molar refractivity (Wildman–Crippen MR) is 79.8 cm³/mol. The Balaban J connectivity index is 2.41. The van der Waals surface area contributed by atoms with Crippen LogP contribution in [0.25, 0.3) is 0 Å². The van der Waals surface area contributed by atoms with Gasteiger partial charge in [-0.15, -0.1) is 0 Å². The van der Waals surface area contributed by atoms with E-state index in [1.54, 1.807) is 17.9 Å². The molecule has 1 aromatic rings. The van der Waals surface area contributed by atoms with Crippen molar-refractivity contribution in [2.24, 2.45) is 7.05 Å². The van der Waals surface area contributed by atoms with Crippen molar-refractivity contribution < 1.29 is 19.4 Å². The number of carbonyl (C=O) groups excluding carboxylic acids is 1. The predicted octanol–water partition coefficient (Wildman–Crippen LogP) is 1.25. The number of nitrogens with zero attached hydrogens (tertiary/aromatic N) is 3. The van der Waals surface area contributed by atoms with Gasteiger partial charge in [0.05, 0.1) is 17.9 Å². The Morgan fingerprint density at radius 3 is 2.73 bits per heavy atom. The standard InChI is InChI=1S/C15H23N3O4/c1-10(2)12-11(8-17(3)16-12)13(19)18-7-5-6-15(18,9-22-4)14(20)21/h8,10H,5-7,9H2,1-4H3,(H,20,21). The van der Waals surface area contributed by atoms with Gasteiger partial charge in [-0.3, -0.25) is 9.48 Å². The zero-order valence-corrected chi connectivity index (χ0v) is 13.5. The van der Waals surface area contributed by atoms with Crippen LogP contribution in [-0.2, 0) is 16.6 Å². The van der Waals surface area contributed by atoms with E-state index in [4.69, 9.17) is 4.74 Å². The molecule has 7 nitrogen and oxygen atoms in total. The second-order valence-electron chi connectivity index (χ2n) is 6.09. The van der Waals surface area contributed by atoms with Crippen LogP contribution in [-0.4, -0.2) is 57.5 Å². The van der Waals surface area contributed by atoms with Crippen molar-refractivity contribution in [1.29, 1.82) is 0 Å². The molecule has 1 fully saturated rings. The van der Waals surface area contributed by atoms with E-state index in [1.807, 2.05) is 13.8 Å². The number of likely N-dealkylation sites (tertiary alicyclic amines) is 1. The van der Waals surface area contributed by atoms with Gasteiger partial charge in [-0.1, -0.05) is 13.8 Å². The second kappa shape index (κ2) is 6.08. The minimum atomic E-state index is -1.28. The SMILES string of the molecule is COCC1(C(=O)O)CCCN1C(=O)c1cn(C)nc1C(C)C. The Morgan fingerprint density at radius 2 is 2.18 bits per heavy atom. The molecule has 0 aliphatic carbocycles. The van der Waals surface area contributed by atoms with Gasteiger partial charge in [0.15, 0.2) is 5.54 Å². The van der Waals surface area contributed by atoms with Crippen molar-refractivity contribution in [2.75, 3.05) is 20.3 Å². The van der Waals surface area contributed by atoms with Gasteiger partial charge in [-0.05, 0) is 18.8 Å². The first-order valence-corrected chi connectivity index (χ1v) is 7.41. The van der Waals surface area contributed by atoms with Crippen LogP contribution in [0.4, 0.5) is 0 Å². The third-order valence-corrected chi connectivity index (χ3v) is 4.15. The van der Waals surface area contributed by atoms with Crippen LogP contribution >= 0.6 is 0 Å². The summed E-state index contributed by atoms with van der Waals surface area (Å²) in [5.74, 6) is -1.21. The first-order chi connectivity index (χ1) is 10.3. The van der Waals surface area contributed by atoms with Crippen LogP contribution < -0.4 is 0 Å². The van der Waals surface area contributed by atoms with Gasteiger partial charge >= 0.3 is 5.97 Å². The van der Waals surface area contributed by atoms with E-state index in [0.29, 0.717) is 30.6 Å². The number of methoxy groups -OCH3 is 1. The lowest BCUT2D eigenvalue weighted by Gasteiger charge is -2.34.